The first kappa shape index (κ1) is 7.50. The molecule has 1 nitrogen and oxygen atoms in total. The van der Waals surface area contributed by atoms with E-state index in [1.807, 2.05) is 31.4 Å². The van der Waals surface area contributed by atoms with Crippen molar-refractivity contribution in [2.45, 2.75) is 0 Å². The van der Waals surface area contributed by atoms with Gasteiger partial charge in [-0.05, 0) is 23.8 Å². The molecule has 0 fully saturated rings. The lowest BCUT2D eigenvalue weighted by molar-refractivity contribution is 0.912. The van der Waals surface area contributed by atoms with E-state index in [0.29, 0.717) is 0 Å². The van der Waals surface area contributed by atoms with Gasteiger partial charge in [0.2, 0.25) is 0 Å². The summed E-state index contributed by atoms with van der Waals surface area (Å²) in [4.78, 5) is 0. The number of rotatable bonds is 0. The number of hydrogen-bond donors (Lipinski definition) is 0. The molecular weight excluding hydrogens is 166 g/mol. The molecule has 0 amide bonds. The van der Waals surface area contributed by atoms with Crippen LogP contribution in [0.1, 0.15) is 0 Å². The molecule has 12 heavy (non-hydrogen) atoms. The van der Waals surface area contributed by atoms with Crippen LogP contribution in [0.25, 0.3) is 11.3 Å². The van der Waals surface area contributed by atoms with Crippen molar-refractivity contribution >= 4 is 12.2 Å². The Morgan fingerprint density at radius 1 is 1.25 bits per heavy atom. The molecule has 0 saturated carbocycles. The van der Waals surface area contributed by atoms with Crippen LogP contribution < -0.4 is 0 Å². The van der Waals surface area contributed by atoms with Gasteiger partial charge >= 0.3 is 0 Å². The summed E-state index contributed by atoms with van der Waals surface area (Å²) in [5, 5.41) is 0. The summed E-state index contributed by atoms with van der Waals surface area (Å²) in [6, 6.07) is 10.1. The molecule has 1 heterocycles. The number of fused-ring (bicyclic) bond motifs is 1. The lowest BCUT2D eigenvalue weighted by Gasteiger charge is -2.09. The smallest absolute Gasteiger partial charge is 0.0491 e. The number of benzene rings is 1. The molecule has 0 saturated heterocycles. The van der Waals surface area contributed by atoms with E-state index in [2.05, 4.69) is 16.7 Å². The molecule has 0 aromatic rings. The van der Waals surface area contributed by atoms with Crippen molar-refractivity contribution in [3.8, 4) is 11.3 Å². The molecule has 0 aromatic carbocycles. The third-order valence-corrected chi connectivity index (χ3v) is 2.22. The van der Waals surface area contributed by atoms with Crippen molar-refractivity contribution in [3.63, 3.8) is 0 Å². The van der Waals surface area contributed by atoms with Gasteiger partial charge in [-0.2, -0.15) is 0 Å². The van der Waals surface area contributed by atoms with Crippen LogP contribution in [0.5, 0.6) is 0 Å². The first-order valence-corrected chi connectivity index (χ1v) is 4.23. The number of aromatic nitrogens is 1. The maximum atomic E-state index is 5.09. The van der Waals surface area contributed by atoms with Crippen molar-refractivity contribution in [2.24, 2.45) is 7.05 Å². The van der Waals surface area contributed by atoms with Gasteiger partial charge < -0.3 is 4.57 Å². The molecule has 0 radical (unpaired) electrons. The van der Waals surface area contributed by atoms with Crippen LogP contribution in [0.2, 0.25) is 0 Å². The van der Waals surface area contributed by atoms with Crippen LogP contribution in [0.4, 0.5) is 0 Å². The Hall–Kier alpha value is -1.15. The Kier molecular flexibility index (Phi) is 1.70. The highest BCUT2D eigenvalue weighted by Crippen LogP contribution is 2.19. The maximum Gasteiger partial charge on any atom is 0.0491 e. The SMILES string of the molecule is Cn1cccc2ccc(=S)cc1-2. The van der Waals surface area contributed by atoms with E-state index >= 15 is 0 Å². The summed E-state index contributed by atoms with van der Waals surface area (Å²) in [6.45, 7) is 0. The zero-order chi connectivity index (χ0) is 8.55. The van der Waals surface area contributed by atoms with E-state index in [1.165, 1.54) is 11.3 Å². The van der Waals surface area contributed by atoms with Crippen molar-refractivity contribution in [3.05, 3.63) is 41.0 Å². The molecule has 0 N–H and O–H groups in total. The summed E-state index contributed by atoms with van der Waals surface area (Å²) in [7, 11) is 2.02. The summed E-state index contributed by atoms with van der Waals surface area (Å²) in [6.07, 6.45) is 2.02. The molecule has 0 bridgehead atoms. The topological polar surface area (TPSA) is 4.93 Å². The molecule has 2 heteroatoms. The predicted octanol–water partition coefficient (Wildman–Crippen LogP) is 2.86. The average Bonchev–Trinajstić information content (AvgIpc) is 2.07. The lowest BCUT2D eigenvalue weighted by atomic mass is 10.1. The Morgan fingerprint density at radius 3 is 2.92 bits per heavy atom. The monoisotopic (exact) mass is 175 g/mol. The molecule has 1 aliphatic carbocycles. The molecule has 0 atom stereocenters. The quantitative estimate of drug-likeness (QED) is 0.557. The lowest BCUT2D eigenvalue weighted by Crippen LogP contribution is -1.95. The Balaban J connectivity index is 2.87. The minimum atomic E-state index is 0.893. The number of pyridine rings is 1. The first-order valence-electron chi connectivity index (χ1n) is 3.83. The molecule has 0 aromatic heterocycles. The minimum Gasteiger partial charge on any atom is -0.351 e. The average molecular weight is 175 g/mol. The summed E-state index contributed by atoms with van der Waals surface area (Å²) in [5.41, 5.74) is 2.42. The number of hydrogen-bond acceptors (Lipinski definition) is 1. The van der Waals surface area contributed by atoms with Crippen LogP contribution in [0.3, 0.4) is 0 Å². The Bertz CT molecular complexity index is 430. The molecule has 0 unspecified atom stereocenters. The highest BCUT2D eigenvalue weighted by Gasteiger charge is 2.00. The van der Waals surface area contributed by atoms with Gasteiger partial charge in [-0.15, -0.1) is 0 Å². The summed E-state index contributed by atoms with van der Waals surface area (Å²) < 4.78 is 2.97. The predicted molar refractivity (Wildman–Crippen MR) is 52.9 cm³/mol. The number of nitrogens with zero attached hydrogens (tertiary/aromatic N) is 1. The number of aryl methyl sites for hydroxylation is 1. The third kappa shape index (κ3) is 1.14. The van der Waals surface area contributed by atoms with Crippen molar-refractivity contribution < 1.29 is 0 Å². The van der Waals surface area contributed by atoms with Crippen molar-refractivity contribution in [2.75, 3.05) is 0 Å². The van der Waals surface area contributed by atoms with E-state index in [1.54, 1.807) is 0 Å². The maximum absolute atomic E-state index is 5.09. The zero-order valence-corrected chi connectivity index (χ0v) is 7.64. The van der Waals surface area contributed by atoms with Crippen molar-refractivity contribution in [1.82, 2.24) is 4.57 Å². The standard InChI is InChI=1S/C10H9NS/c1-11-6-2-3-8-4-5-9(12)7-10(8)11/h2-7H,1H3. The molecule has 60 valence electrons. The van der Waals surface area contributed by atoms with Crippen molar-refractivity contribution in [1.29, 1.82) is 0 Å². The Morgan fingerprint density at radius 2 is 2.08 bits per heavy atom. The summed E-state index contributed by atoms with van der Waals surface area (Å²) in [5.74, 6) is 0. The van der Waals surface area contributed by atoms with Crippen LogP contribution >= 0.6 is 12.2 Å². The van der Waals surface area contributed by atoms with Gasteiger partial charge in [0.25, 0.3) is 0 Å². The van der Waals surface area contributed by atoms with Gasteiger partial charge in [0.15, 0.2) is 0 Å². The summed E-state index contributed by atoms with van der Waals surface area (Å²) >= 11 is 5.09. The highest BCUT2D eigenvalue weighted by atomic mass is 32.1. The normalized spacial score (nSPS) is 10.4. The Labute approximate surface area is 76.6 Å². The van der Waals surface area contributed by atoms with Crippen LogP contribution in [0, 0.1) is 4.51 Å². The van der Waals surface area contributed by atoms with Gasteiger partial charge in [-0.1, -0.05) is 24.4 Å². The van der Waals surface area contributed by atoms with E-state index in [9.17, 15) is 0 Å². The van der Waals surface area contributed by atoms with Gasteiger partial charge in [-0.3, -0.25) is 0 Å². The van der Waals surface area contributed by atoms with Crippen LogP contribution in [-0.4, -0.2) is 4.57 Å². The van der Waals surface area contributed by atoms with Gasteiger partial charge in [-0.25, -0.2) is 0 Å². The fourth-order valence-electron chi connectivity index (χ4n) is 1.33. The molecule has 1 aliphatic heterocycles. The second-order valence-electron chi connectivity index (χ2n) is 2.84. The molecular formula is C10H9NS. The fourth-order valence-corrected chi connectivity index (χ4v) is 1.51. The van der Waals surface area contributed by atoms with Gasteiger partial charge in [0.1, 0.15) is 0 Å². The van der Waals surface area contributed by atoms with E-state index < -0.39 is 0 Å². The third-order valence-electron chi connectivity index (χ3n) is 1.97. The highest BCUT2D eigenvalue weighted by molar-refractivity contribution is 7.71. The van der Waals surface area contributed by atoms with Gasteiger partial charge in [0.05, 0.1) is 0 Å². The first-order chi connectivity index (χ1) is 5.77. The fraction of sp³-hybridized carbons (Fsp3) is 0.100. The van der Waals surface area contributed by atoms with Crippen LogP contribution in [-0.2, 0) is 7.05 Å². The van der Waals surface area contributed by atoms with E-state index in [4.69, 9.17) is 12.2 Å². The largest absolute Gasteiger partial charge is 0.351 e. The second kappa shape index (κ2) is 2.72. The minimum absolute atomic E-state index is 0.893. The molecule has 2 rings (SSSR count). The molecule has 0 spiro atoms. The molecule has 2 aliphatic rings. The van der Waals surface area contributed by atoms with Gasteiger partial charge in [0, 0.05) is 23.4 Å². The van der Waals surface area contributed by atoms with E-state index in [0.717, 1.165) is 4.51 Å². The van der Waals surface area contributed by atoms with E-state index in [-0.39, 0.29) is 0 Å². The van der Waals surface area contributed by atoms with Crippen LogP contribution in [0.15, 0.2) is 36.5 Å². The zero-order valence-electron chi connectivity index (χ0n) is 6.82. The second-order valence-corrected chi connectivity index (χ2v) is 3.31.